The Morgan fingerprint density at radius 1 is 1.39 bits per heavy atom. The van der Waals surface area contributed by atoms with Crippen molar-refractivity contribution in [3.05, 3.63) is 11.4 Å². The van der Waals surface area contributed by atoms with Crippen LogP contribution in [0.4, 0.5) is 5.82 Å². The zero-order valence-electron chi connectivity index (χ0n) is 11.7. The van der Waals surface area contributed by atoms with Crippen LogP contribution < -0.4 is 5.32 Å². The monoisotopic (exact) mass is 269 g/mol. The molecule has 0 saturated heterocycles. The van der Waals surface area contributed by atoms with Gasteiger partial charge in [-0.05, 0) is 19.3 Å². The smallest absolute Gasteiger partial charge is 0.133 e. The average molecular weight is 269 g/mol. The van der Waals surface area contributed by atoms with Gasteiger partial charge in [-0.2, -0.15) is 0 Å². The van der Waals surface area contributed by atoms with Gasteiger partial charge in [-0.15, -0.1) is 11.8 Å². The maximum Gasteiger partial charge on any atom is 0.133 e. The van der Waals surface area contributed by atoms with Crippen molar-refractivity contribution in [1.29, 1.82) is 0 Å². The number of aromatic nitrogens is 2. The van der Waals surface area contributed by atoms with E-state index < -0.39 is 0 Å². The molecule has 1 heterocycles. The van der Waals surface area contributed by atoms with Crippen LogP contribution in [0.15, 0.2) is 5.03 Å². The Bertz CT molecular complexity index is 385. The topological polar surface area (TPSA) is 58.0 Å². The van der Waals surface area contributed by atoms with Crippen LogP contribution in [0.2, 0.25) is 0 Å². The van der Waals surface area contributed by atoms with Crippen molar-refractivity contribution in [3.8, 4) is 0 Å². The molecule has 0 saturated carbocycles. The molecule has 0 aromatic carbocycles. The first kappa shape index (κ1) is 15.2. The Morgan fingerprint density at radius 3 is 2.67 bits per heavy atom. The summed E-state index contributed by atoms with van der Waals surface area (Å²) in [6, 6.07) is 0. The van der Waals surface area contributed by atoms with Crippen LogP contribution in [0, 0.1) is 12.8 Å². The second-order valence-corrected chi connectivity index (χ2v) is 5.53. The highest BCUT2D eigenvalue weighted by Gasteiger charge is 2.11. The molecule has 0 aliphatic rings. The number of hydrogen-bond acceptors (Lipinski definition) is 5. The number of rotatable bonds is 7. The summed E-state index contributed by atoms with van der Waals surface area (Å²) in [4.78, 5) is 9.11. The van der Waals surface area contributed by atoms with Gasteiger partial charge in [0.15, 0.2) is 0 Å². The van der Waals surface area contributed by atoms with Crippen molar-refractivity contribution in [2.45, 2.75) is 38.6 Å². The van der Waals surface area contributed by atoms with Gasteiger partial charge in [0, 0.05) is 31.4 Å². The van der Waals surface area contributed by atoms with Crippen molar-refractivity contribution >= 4 is 17.6 Å². The molecule has 0 radical (unpaired) electrons. The summed E-state index contributed by atoms with van der Waals surface area (Å²) in [6.45, 7) is 6.42. The quantitative estimate of drug-likeness (QED) is 0.588. The van der Waals surface area contributed by atoms with Crippen molar-refractivity contribution in [2.75, 3.05) is 24.7 Å². The maximum atomic E-state index is 9.06. The molecule has 102 valence electrons. The fourth-order valence-electron chi connectivity index (χ4n) is 1.53. The zero-order valence-corrected chi connectivity index (χ0v) is 12.5. The molecule has 1 rings (SSSR count). The third kappa shape index (κ3) is 4.14. The van der Waals surface area contributed by atoms with E-state index in [9.17, 15) is 0 Å². The highest BCUT2D eigenvalue weighted by Crippen LogP contribution is 2.26. The van der Waals surface area contributed by atoms with Crippen LogP contribution in [0.5, 0.6) is 0 Å². The number of anilines is 1. The lowest BCUT2D eigenvalue weighted by Gasteiger charge is -2.13. The summed E-state index contributed by atoms with van der Waals surface area (Å²) in [5, 5.41) is 13.2. The minimum Gasteiger partial charge on any atom is -0.396 e. The highest BCUT2D eigenvalue weighted by molar-refractivity contribution is 7.99. The first-order valence-electron chi connectivity index (χ1n) is 6.41. The van der Waals surface area contributed by atoms with Crippen molar-refractivity contribution in [2.24, 2.45) is 5.92 Å². The lowest BCUT2D eigenvalue weighted by molar-refractivity contribution is 0.250. The highest BCUT2D eigenvalue weighted by atomic mass is 32.2. The van der Waals surface area contributed by atoms with E-state index in [1.807, 2.05) is 20.9 Å². The number of nitrogens with zero attached hydrogens (tertiary/aromatic N) is 2. The molecule has 0 aliphatic carbocycles. The first-order chi connectivity index (χ1) is 8.62. The van der Waals surface area contributed by atoms with Crippen LogP contribution >= 0.6 is 11.8 Å². The van der Waals surface area contributed by atoms with Crippen molar-refractivity contribution in [3.63, 3.8) is 0 Å². The third-order valence-corrected chi connectivity index (χ3v) is 4.08. The van der Waals surface area contributed by atoms with Gasteiger partial charge >= 0.3 is 0 Å². The average Bonchev–Trinajstić information content (AvgIpc) is 2.38. The van der Waals surface area contributed by atoms with E-state index in [0.29, 0.717) is 0 Å². The van der Waals surface area contributed by atoms with Crippen LogP contribution in [0.1, 0.15) is 31.7 Å². The zero-order chi connectivity index (χ0) is 13.5. The third-order valence-electron chi connectivity index (χ3n) is 2.67. The number of aliphatic hydroxyl groups is 1. The molecule has 1 aromatic rings. The minimum atomic E-state index is 0.220. The van der Waals surface area contributed by atoms with Crippen LogP contribution in [-0.2, 0) is 6.42 Å². The van der Waals surface area contributed by atoms with Crippen LogP contribution in [-0.4, -0.2) is 34.5 Å². The molecule has 5 heteroatoms. The molecular weight excluding hydrogens is 246 g/mol. The molecule has 4 nitrogen and oxygen atoms in total. The van der Waals surface area contributed by atoms with E-state index >= 15 is 0 Å². The fraction of sp³-hybridized carbons (Fsp3) is 0.692. The fourth-order valence-corrected chi connectivity index (χ4v) is 2.56. The molecule has 2 N–H and O–H groups in total. The summed E-state index contributed by atoms with van der Waals surface area (Å²) in [6.07, 6.45) is 1.95. The standard InChI is InChI=1S/C13H23N3OS/c1-5-6-11-15-12(14-4)10(3)13(16-11)18-8-9(2)7-17/h9,17H,5-8H2,1-4H3,(H,14,15,16). The van der Waals surface area contributed by atoms with E-state index in [2.05, 4.69) is 22.2 Å². The maximum absolute atomic E-state index is 9.06. The molecule has 1 atom stereocenters. The number of hydrogen-bond donors (Lipinski definition) is 2. The van der Waals surface area contributed by atoms with Gasteiger partial charge in [0.2, 0.25) is 0 Å². The second-order valence-electron chi connectivity index (χ2n) is 4.52. The van der Waals surface area contributed by atoms with E-state index in [1.165, 1.54) is 0 Å². The molecule has 0 spiro atoms. The number of aliphatic hydroxyl groups excluding tert-OH is 1. The Balaban J connectivity index is 2.90. The molecular formula is C13H23N3OS. The lowest BCUT2D eigenvalue weighted by Crippen LogP contribution is -2.07. The van der Waals surface area contributed by atoms with Gasteiger partial charge in [0.1, 0.15) is 16.7 Å². The summed E-state index contributed by atoms with van der Waals surface area (Å²) >= 11 is 1.70. The van der Waals surface area contributed by atoms with Gasteiger partial charge in [-0.3, -0.25) is 0 Å². The summed E-state index contributed by atoms with van der Waals surface area (Å²) in [7, 11) is 1.88. The summed E-state index contributed by atoms with van der Waals surface area (Å²) in [5.41, 5.74) is 1.09. The predicted octanol–water partition coefficient (Wildman–Crippen LogP) is 2.50. The molecule has 0 amide bonds. The van der Waals surface area contributed by atoms with E-state index in [4.69, 9.17) is 5.11 Å². The van der Waals surface area contributed by atoms with Crippen LogP contribution in [0.3, 0.4) is 0 Å². The summed E-state index contributed by atoms with van der Waals surface area (Å²) in [5.74, 6) is 2.97. The molecule has 0 bridgehead atoms. The number of aryl methyl sites for hydroxylation is 1. The molecule has 0 aliphatic heterocycles. The Morgan fingerprint density at radius 2 is 2.11 bits per heavy atom. The van der Waals surface area contributed by atoms with E-state index in [0.717, 1.165) is 40.8 Å². The van der Waals surface area contributed by atoms with E-state index in [-0.39, 0.29) is 12.5 Å². The molecule has 18 heavy (non-hydrogen) atoms. The van der Waals surface area contributed by atoms with Gasteiger partial charge in [-0.1, -0.05) is 13.8 Å². The Hall–Kier alpha value is -0.810. The first-order valence-corrected chi connectivity index (χ1v) is 7.39. The lowest BCUT2D eigenvalue weighted by atomic mass is 10.2. The largest absolute Gasteiger partial charge is 0.396 e. The number of thioether (sulfide) groups is 1. The summed E-state index contributed by atoms with van der Waals surface area (Å²) < 4.78 is 0. The van der Waals surface area contributed by atoms with Gasteiger partial charge in [-0.25, -0.2) is 9.97 Å². The van der Waals surface area contributed by atoms with Gasteiger partial charge in [0.05, 0.1) is 0 Å². The van der Waals surface area contributed by atoms with E-state index in [1.54, 1.807) is 11.8 Å². The molecule has 1 aromatic heterocycles. The normalized spacial score (nSPS) is 12.5. The molecule has 0 fully saturated rings. The minimum absolute atomic E-state index is 0.220. The Kier molecular flexibility index (Phi) is 6.43. The van der Waals surface area contributed by atoms with Crippen molar-refractivity contribution in [1.82, 2.24) is 9.97 Å². The number of nitrogens with one attached hydrogen (secondary N) is 1. The molecule has 1 unspecified atom stereocenters. The second kappa shape index (κ2) is 7.59. The SMILES string of the molecule is CCCc1nc(NC)c(C)c(SCC(C)CO)n1. The Labute approximate surface area is 114 Å². The predicted molar refractivity (Wildman–Crippen MR) is 77.3 cm³/mol. The van der Waals surface area contributed by atoms with Crippen LogP contribution in [0.25, 0.3) is 0 Å². The van der Waals surface area contributed by atoms with Gasteiger partial charge in [0.25, 0.3) is 0 Å². The van der Waals surface area contributed by atoms with Gasteiger partial charge < -0.3 is 10.4 Å². The van der Waals surface area contributed by atoms with Crippen molar-refractivity contribution < 1.29 is 5.11 Å².